The van der Waals surface area contributed by atoms with E-state index in [0.717, 1.165) is 11.6 Å². The number of halogens is 2. The average molecular weight is 292 g/mol. The Labute approximate surface area is 120 Å². The predicted octanol–water partition coefficient (Wildman–Crippen LogP) is 2.87. The Morgan fingerprint density at radius 1 is 1.24 bits per heavy atom. The van der Waals surface area contributed by atoms with Crippen LogP contribution in [0.1, 0.15) is 5.56 Å². The van der Waals surface area contributed by atoms with Gasteiger partial charge in [0, 0.05) is 0 Å². The summed E-state index contributed by atoms with van der Waals surface area (Å²) in [5.41, 5.74) is 6.79. The molecule has 0 saturated carbocycles. The number of amides is 1. The van der Waals surface area contributed by atoms with Crippen LogP contribution in [0.3, 0.4) is 0 Å². The van der Waals surface area contributed by atoms with E-state index in [1.807, 2.05) is 0 Å². The molecule has 0 bridgehead atoms. The molecule has 2 rings (SSSR count). The van der Waals surface area contributed by atoms with Crippen LogP contribution in [0.25, 0.3) is 0 Å². The third kappa shape index (κ3) is 3.92. The van der Waals surface area contributed by atoms with Crippen LogP contribution in [0.15, 0.2) is 36.4 Å². The van der Waals surface area contributed by atoms with Crippen molar-refractivity contribution in [3.05, 3.63) is 53.6 Å². The van der Waals surface area contributed by atoms with Gasteiger partial charge in [-0.2, -0.15) is 0 Å². The maximum absolute atomic E-state index is 13.4. The Bertz CT molecular complexity index is 675. The smallest absolute Gasteiger partial charge is 0.262 e. The number of benzene rings is 2. The van der Waals surface area contributed by atoms with E-state index in [-0.39, 0.29) is 17.1 Å². The molecule has 0 aromatic heterocycles. The number of rotatable bonds is 4. The number of ether oxygens (including phenoxy) is 1. The molecule has 0 aliphatic heterocycles. The summed E-state index contributed by atoms with van der Waals surface area (Å²) >= 11 is 0. The Balaban J connectivity index is 1.99. The van der Waals surface area contributed by atoms with Crippen LogP contribution in [-0.2, 0) is 4.79 Å². The summed E-state index contributed by atoms with van der Waals surface area (Å²) < 4.78 is 31.6. The van der Waals surface area contributed by atoms with Gasteiger partial charge in [-0.1, -0.05) is 6.07 Å². The molecule has 0 fully saturated rings. The van der Waals surface area contributed by atoms with Crippen LogP contribution >= 0.6 is 0 Å². The zero-order valence-electron chi connectivity index (χ0n) is 11.3. The van der Waals surface area contributed by atoms with Crippen molar-refractivity contribution in [1.82, 2.24) is 0 Å². The fourth-order valence-electron chi connectivity index (χ4n) is 1.69. The van der Waals surface area contributed by atoms with Gasteiger partial charge < -0.3 is 15.8 Å². The van der Waals surface area contributed by atoms with Gasteiger partial charge in [-0.25, -0.2) is 8.78 Å². The highest BCUT2D eigenvalue weighted by molar-refractivity contribution is 5.94. The van der Waals surface area contributed by atoms with E-state index < -0.39 is 24.1 Å². The quantitative estimate of drug-likeness (QED) is 0.852. The number of hydrogen-bond donors (Lipinski definition) is 2. The van der Waals surface area contributed by atoms with Gasteiger partial charge in [-0.05, 0) is 42.8 Å². The molecule has 6 heteroatoms. The van der Waals surface area contributed by atoms with Gasteiger partial charge in [0.05, 0.1) is 11.4 Å². The van der Waals surface area contributed by atoms with Gasteiger partial charge in [0.15, 0.2) is 18.2 Å². The number of nitrogens with two attached hydrogens (primary N) is 1. The number of anilines is 2. The predicted molar refractivity (Wildman–Crippen MR) is 76.1 cm³/mol. The van der Waals surface area contributed by atoms with Crippen molar-refractivity contribution in [3.63, 3.8) is 0 Å². The number of carbonyl (C=O) groups is 1. The van der Waals surface area contributed by atoms with Crippen LogP contribution in [0.5, 0.6) is 5.75 Å². The minimum Gasteiger partial charge on any atom is -0.481 e. The van der Waals surface area contributed by atoms with Crippen molar-refractivity contribution in [1.29, 1.82) is 0 Å². The van der Waals surface area contributed by atoms with E-state index in [1.54, 1.807) is 13.0 Å². The van der Waals surface area contributed by atoms with Crippen LogP contribution in [0.4, 0.5) is 20.2 Å². The molecule has 4 nitrogen and oxygen atoms in total. The highest BCUT2D eigenvalue weighted by atomic mass is 19.1. The Hall–Kier alpha value is -2.63. The molecule has 0 atom stereocenters. The molecule has 2 aromatic carbocycles. The summed E-state index contributed by atoms with van der Waals surface area (Å²) in [4.78, 5) is 11.7. The van der Waals surface area contributed by atoms with Crippen molar-refractivity contribution in [2.45, 2.75) is 6.92 Å². The molecule has 1 amide bonds. The van der Waals surface area contributed by atoms with Gasteiger partial charge in [0.2, 0.25) is 0 Å². The average Bonchev–Trinajstić information content (AvgIpc) is 2.44. The fourth-order valence-corrected chi connectivity index (χ4v) is 1.69. The first-order chi connectivity index (χ1) is 9.95. The fraction of sp³-hybridized carbons (Fsp3) is 0.133. The molecule has 0 aliphatic rings. The standard InChI is InChI=1S/C15H14F2N2O2/c1-9-2-4-11(17)14(6-9)21-8-15(20)19-13-7-10(16)3-5-12(13)18/h2-7H,8,18H2,1H3,(H,19,20). The van der Waals surface area contributed by atoms with Crippen molar-refractivity contribution in [2.24, 2.45) is 0 Å². The number of carbonyl (C=O) groups excluding carboxylic acids is 1. The summed E-state index contributed by atoms with van der Waals surface area (Å²) in [6.45, 7) is 1.37. The Morgan fingerprint density at radius 3 is 2.76 bits per heavy atom. The maximum Gasteiger partial charge on any atom is 0.262 e. The van der Waals surface area contributed by atoms with E-state index in [0.29, 0.717) is 0 Å². The largest absolute Gasteiger partial charge is 0.481 e. The van der Waals surface area contributed by atoms with E-state index in [2.05, 4.69) is 5.32 Å². The first-order valence-corrected chi connectivity index (χ1v) is 6.19. The lowest BCUT2D eigenvalue weighted by atomic mass is 10.2. The monoisotopic (exact) mass is 292 g/mol. The number of hydrogen-bond acceptors (Lipinski definition) is 3. The lowest BCUT2D eigenvalue weighted by Gasteiger charge is -2.10. The molecule has 0 unspecified atom stereocenters. The number of nitrogen functional groups attached to an aromatic ring is 1. The Kier molecular flexibility index (Phi) is 4.37. The molecule has 0 saturated heterocycles. The van der Waals surface area contributed by atoms with Gasteiger partial charge in [0.25, 0.3) is 5.91 Å². The zero-order chi connectivity index (χ0) is 15.4. The number of nitrogens with one attached hydrogen (secondary N) is 1. The summed E-state index contributed by atoms with van der Waals surface area (Å²) in [6, 6.07) is 7.96. The molecular weight excluding hydrogens is 278 g/mol. The molecule has 21 heavy (non-hydrogen) atoms. The van der Waals surface area contributed by atoms with Crippen LogP contribution in [0, 0.1) is 18.6 Å². The molecule has 0 heterocycles. The summed E-state index contributed by atoms with van der Waals surface area (Å²) in [5, 5.41) is 2.40. The SMILES string of the molecule is Cc1ccc(F)c(OCC(=O)Nc2cc(F)ccc2N)c1. The second-order valence-electron chi connectivity index (χ2n) is 4.50. The molecular formula is C15H14F2N2O2. The highest BCUT2D eigenvalue weighted by Crippen LogP contribution is 2.20. The lowest BCUT2D eigenvalue weighted by molar-refractivity contribution is -0.118. The maximum atomic E-state index is 13.4. The van der Waals surface area contributed by atoms with E-state index >= 15 is 0 Å². The molecule has 0 radical (unpaired) electrons. The van der Waals surface area contributed by atoms with Crippen LogP contribution in [0.2, 0.25) is 0 Å². The third-order valence-electron chi connectivity index (χ3n) is 2.73. The molecule has 2 aromatic rings. The third-order valence-corrected chi connectivity index (χ3v) is 2.73. The summed E-state index contributed by atoms with van der Waals surface area (Å²) in [5.74, 6) is -1.66. The van der Waals surface area contributed by atoms with Gasteiger partial charge in [0.1, 0.15) is 5.82 Å². The second kappa shape index (κ2) is 6.21. The van der Waals surface area contributed by atoms with E-state index in [4.69, 9.17) is 10.5 Å². The highest BCUT2D eigenvalue weighted by Gasteiger charge is 2.09. The second-order valence-corrected chi connectivity index (χ2v) is 4.50. The Morgan fingerprint density at radius 2 is 2.00 bits per heavy atom. The first-order valence-electron chi connectivity index (χ1n) is 6.19. The summed E-state index contributed by atoms with van der Waals surface area (Å²) in [6.07, 6.45) is 0. The topological polar surface area (TPSA) is 64.3 Å². The minimum absolute atomic E-state index is 0.0163. The molecule has 0 aliphatic carbocycles. The van der Waals surface area contributed by atoms with Gasteiger partial charge in [-0.3, -0.25) is 4.79 Å². The summed E-state index contributed by atoms with van der Waals surface area (Å²) in [7, 11) is 0. The van der Waals surface area contributed by atoms with Crippen molar-refractivity contribution < 1.29 is 18.3 Å². The lowest BCUT2D eigenvalue weighted by Crippen LogP contribution is -2.21. The first kappa shape index (κ1) is 14.8. The van der Waals surface area contributed by atoms with E-state index in [1.165, 1.54) is 24.3 Å². The molecule has 0 spiro atoms. The van der Waals surface area contributed by atoms with Crippen LogP contribution < -0.4 is 15.8 Å². The molecule has 3 N–H and O–H groups in total. The van der Waals surface area contributed by atoms with Crippen LogP contribution in [-0.4, -0.2) is 12.5 Å². The van der Waals surface area contributed by atoms with Gasteiger partial charge >= 0.3 is 0 Å². The zero-order valence-corrected chi connectivity index (χ0v) is 11.3. The van der Waals surface area contributed by atoms with E-state index in [9.17, 15) is 13.6 Å². The van der Waals surface area contributed by atoms with Crippen molar-refractivity contribution in [2.75, 3.05) is 17.7 Å². The van der Waals surface area contributed by atoms with Crippen molar-refractivity contribution >= 4 is 17.3 Å². The van der Waals surface area contributed by atoms with Crippen molar-refractivity contribution in [3.8, 4) is 5.75 Å². The van der Waals surface area contributed by atoms with Gasteiger partial charge in [-0.15, -0.1) is 0 Å². The normalized spacial score (nSPS) is 10.2. The minimum atomic E-state index is -0.562. The number of aryl methyl sites for hydroxylation is 1. The molecule has 110 valence electrons.